The van der Waals surface area contributed by atoms with Crippen molar-refractivity contribution in [3.8, 4) is 0 Å². The van der Waals surface area contributed by atoms with Crippen LogP contribution in [0.15, 0.2) is 72.9 Å². The van der Waals surface area contributed by atoms with Crippen molar-refractivity contribution < 1.29 is 28.6 Å². The van der Waals surface area contributed by atoms with Gasteiger partial charge in [0, 0.05) is 19.3 Å². The van der Waals surface area contributed by atoms with E-state index in [-0.39, 0.29) is 37.5 Å². The number of esters is 3. The van der Waals surface area contributed by atoms with Gasteiger partial charge in [-0.2, -0.15) is 0 Å². The Kier molecular flexibility index (Phi) is 67.6. The molecule has 0 bridgehead atoms. The number of hydrogen-bond acceptors (Lipinski definition) is 6. The van der Waals surface area contributed by atoms with Crippen molar-refractivity contribution >= 4 is 17.9 Å². The molecular formula is C76H136O6. The third kappa shape index (κ3) is 67.6. The van der Waals surface area contributed by atoms with Gasteiger partial charge >= 0.3 is 17.9 Å². The zero-order valence-corrected chi connectivity index (χ0v) is 54.8. The second-order valence-corrected chi connectivity index (χ2v) is 24.1. The fourth-order valence-corrected chi connectivity index (χ4v) is 10.6. The van der Waals surface area contributed by atoms with E-state index in [1.807, 2.05) is 6.08 Å². The van der Waals surface area contributed by atoms with Gasteiger partial charge in [0.2, 0.25) is 0 Å². The molecular weight excluding hydrogens is 1010 g/mol. The number of rotatable bonds is 66. The van der Waals surface area contributed by atoms with Gasteiger partial charge in [0.05, 0.1) is 0 Å². The highest BCUT2D eigenvalue weighted by molar-refractivity contribution is 5.71. The summed E-state index contributed by atoms with van der Waals surface area (Å²) in [5.41, 5.74) is 0. The topological polar surface area (TPSA) is 78.9 Å². The van der Waals surface area contributed by atoms with Crippen molar-refractivity contribution in [3.05, 3.63) is 72.9 Å². The van der Waals surface area contributed by atoms with Gasteiger partial charge in [-0.15, -0.1) is 0 Å². The van der Waals surface area contributed by atoms with Crippen molar-refractivity contribution in [1.29, 1.82) is 0 Å². The molecule has 0 aliphatic rings. The van der Waals surface area contributed by atoms with Gasteiger partial charge in [0.25, 0.3) is 0 Å². The number of allylic oxidation sites excluding steroid dienone is 12. The third-order valence-electron chi connectivity index (χ3n) is 16.0. The first-order valence-corrected chi connectivity index (χ1v) is 35.9. The first-order valence-electron chi connectivity index (χ1n) is 35.9. The maximum absolute atomic E-state index is 13.0. The SMILES string of the molecule is CC/C=C\C/C=C\C/C=C\C/C=C\CCC(=O)OCC(COC(=O)CCCCCCCCCCCCCCCCC/C=C\C/C=C\CCCCCCC)OC(=O)CCCCCCCCCCCCCCCCCCCCCCCCCC. The van der Waals surface area contributed by atoms with E-state index in [2.05, 4.69) is 87.6 Å². The van der Waals surface area contributed by atoms with Gasteiger partial charge in [0.15, 0.2) is 6.10 Å². The molecule has 0 radical (unpaired) electrons. The first-order chi connectivity index (χ1) is 40.5. The maximum Gasteiger partial charge on any atom is 0.306 e. The monoisotopic (exact) mass is 1150 g/mol. The molecule has 1 atom stereocenters. The molecule has 0 heterocycles. The van der Waals surface area contributed by atoms with Crippen LogP contribution in [0.2, 0.25) is 0 Å². The standard InChI is InChI=1S/C76H136O6/c1-4-7-10-13-16-19-22-25-27-29-31-33-35-37-38-39-41-42-44-46-48-51-54-57-60-63-66-69-75(78)81-72-73(71-80-74(77)68-65-62-59-56-53-50-24-21-18-15-12-9-6-3)82-76(79)70-67-64-61-58-55-52-49-47-45-43-40-36-34-32-30-28-26-23-20-17-14-11-8-5-2/h9,12,18,21-22,25,29,31,50,53,59,62,73H,4-8,10-11,13-17,19-20,23-24,26-28,30,32-49,51-52,54-58,60-61,63-72H2,1-3H3/b12-9-,21-18-,25-22-,31-29-,53-50-,62-59-. The molecule has 476 valence electrons. The molecule has 0 fully saturated rings. The van der Waals surface area contributed by atoms with E-state index in [1.54, 1.807) is 0 Å². The Morgan fingerprint density at radius 1 is 0.256 bits per heavy atom. The van der Waals surface area contributed by atoms with Crippen molar-refractivity contribution in [3.63, 3.8) is 0 Å². The van der Waals surface area contributed by atoms with E-state index in [9.17, 15) is 14.4 Å². The Balaban J connectivity index is 4.25. The Morgan fingerprint density at radius 2 is 0.500 bits per heavy atom. The number of carbonyl (C=O) groups excluding carboxylic acids is 3. The molecule has 0 saturated carbocycles. The quantitative estimate of drug-likeness (QED) is 0.0261. The Bertz CT molecular complexity index is 1500. The van der Waals surface area contributed by atoms with Crippen LogP contribution < -0.4 is 0 Å². The number of unbranched alkanes of at least 4 members (excludes halogenated alkanes) is 43. The molecule has 0 amide bonds. The van der Waals surface area contributed by atoms with E-state index in [0.29, 0.717) is 19.3 Å². The Hall–Kier alpha value is -3.15. The number of hydrogen-bond donors (Lipinski definition) is 0. The minimum absolute atomic E-state index is 0.0935. The first kappa shape index (κ1) is 78.8. The van der Waals surface area contributed by atoms with Crippen LogP contribution in [0.25, 0.3) is 0 Å². The van der Waals surface area contributed by atoms with Crippen molar-refractivity contribution in [2.75, 3.05) is 13.2 Å². The molecule has 0 spiro atoms. The summed E-state index contributed by atoms with van der Waals surface area (Å²) in [5, 5.41) is 0. The molecule has 6 nitrogen and oxygen atoms in total. The molecule has 0 aliphatic carbocycles. The zero-order valence-electron chi connectivity index (χ0n) is 54.8. The highest BCUT2D eigenvalue weighted by Crippen LogP contribution is 2.18. The maximum atomic E-state index is 13.0. The summed E-state index contributed by atoms with van der Waals surface area (Å²) in [6.07, 6.45) is 92.5. The summed E-state index contributed by atoms with van der Waals surface area (Å²) in [6, 6.07) is 0. The molecule has 0 saturated heterocycles. The lowest BCUT2D eigenvalue weighted by atomic mass is 10.0. The lowest BCUT2D eigenvalue weighted by molar-refractivity contribution is -0.166. The fraction of sp³-hybridized carbons (Fsp3) is 0.803. The Morgan fingerprint density at radius 3 is 0.817 bits per heavy atom. The van der Waals surface area contributed by atoms with Gasteiger partial charge < -0.3 is 14.2 Å². The van der Waals surface area contributed by atoms with Crippen LogP contribution in [0, 0.1) is 0 Å². The van der Waals surface area contributed by atoms with E-state index >= 15 is 0 Å². The summed E-state index contributed by atoms with van der Waals surface area (Å²) in [5.74, 6) is -0.956. The molecule has 1 unspecified atom stereocenters. The van der Waals surface area contributed by atoms with Crippen LogP contribution in [0.4, 0.5) is 0 Å². The predicted molar refractivity (Wildman–Crippen MR) is 358 cm³/mol. The highest BCUT2D eigenvalue weighted by Gasteiger charge is 2.19. The summed E-state index contributed by atoms with van der Waals surface area (Å²) < 4.78 is 16.9. The number of ether oxygens (including phenoxy) is 3. The van der Waals surface area contributed by atoms with Gasteiger partial charge in [-0.1, -0.05) is 351 Å². The highest BCUT2D eigenvalue weighted by atomic mass is 16.6. The van der Waals surface area contributed by atoms with E-state index in [1.165, 1.54) is 257 Å². The van der Waals surface area contributed by atoms with Crippen LogP contribution in [-0.2, 0) is 28.6 Å². The molecule has 0 aromatic heterocycles. The van der Waals surface area contributed by atoms with Crippen LogP contribution in [0.5, 0.6) is 0 Å². The average Bonchev–Trinajstić information content (AvgIpc) is 3.47. The molecule has 82 heavy (non-hydrogen) atoms. The Labute approximate surface area is 510 Å². The summed E-state index contributed by atoms with van der Waals surface area (Å²) in [7, 11) is 0. The minimum Gasteiger partial charge on any atom is -0.462 e. The zero-order chi connectivity index (χ0) is 59.2. The number of carbonyl (C=O) groups is 3. The van der Waals surface area contributed by atoms with Crippen LogP contribution in [0.3, 0.4) is 0 Å². The largest absolute Gasteiger partial charge is 0.462 e. The summed E-state index contributed by atoms with van der Waals surface area (Å²) in [6.45, 7) is 6.51. The van der Waals surface area contributed by atoms with Crippen molar-refractivity contribution in [2.24, 2.45) is 0 Å². The molecule has 0 rings (SSSR count). The lowest BCUT2D eigenvalue weighted by Crippen LogP contribution is -2.30. The minimum atomic E-state index is -0.804. The fourth-order valence-electron chi connectivity index (χ4n) is 10.6. The molecule has 0 aliphatic heterocycles. The van der Waals surface area contributed by atoms with Gasteiger partial charge in [-0.25, -0.2) is 0 Å². The van der Waals surface area contributed by atoms with Gasteiger partial charge in [-0.05, 0) is 77.0 Å². The van der Waals surface area contributed by atoms with Crippen molar-refractivity contribution in [2.45, 2.75) is 380 Å². The smallest absolute Gasteiger partial charge is 0.306 e. The van der Waals surface area contributed by atoms with E-state index in [4.69, 9.17) is 14.2 Å². The van der Waals surface area contributed by atoms with E-state index < -0.39 is 6.10 Å². The predicted octanol–water partition coefficient (Wildman–Crippen LogP) is 24.8. The average molecular weight is 1150 g/mol. The van der Waals surface area contributed by atoms with Gasteiger partial charge in [0.1, 0.15) is 13.2 Å². The molecule has 0 N–H and O–H groups in total. The molecule has 6 heteroatoms. The summed E-state index contributed by atoms with van der Waals surface area (Å²) >= 11 is 0. The van der Waals surface area contributed by atoms with E-state index in [0.717, 1.165) is 70.6 Å². The van der Waals surface area contributed by atoms with Crippen LogP contribution in [-0.4, -0.2) is 37.2 Å². The van der Waals surface area contributed by atoms with Crippen LogP contribution >= 0.6 is 0 Å². The second kappa shape index (κ2) is 70.3. The summed E-state index contributed by atoms with van der Waals surface area (Å²) in [4.78, 5) is 38.4. The third-order valence-corrected chi connectivity index (χ3v) is 16.0. The second-order valence-electron chi connectivity index (χ2n) is 24.1. The van der Waals surface area contributed by atoms with Crippen molar-refractivity contribution in [1.82, 2.24) is 0 Å². The lowest BCUT2D eigenvalue weighted by Gasteiger charge is -2.18. The van der Waals surface area contributed by atoms with Crippen LogP contribution in [0.1, 0.15) is 374 Å². The molecule has 0 aromatic carbocycles. The van der Waals surface area contributed by atoms with Gasteiger partial charge in [-0.3, -0.25) is 14.4 Å². The normalized spacial score (nSPS) is 12.5. The molecule has 0 aromatic rings.